The number of pyridine rings is 1. The summed E-state index contributed by atoms with van der Waals surface area (Å²) in [5, 5.41) is 0. The van der Waals surface area contributed by atoms with Gasteiger partial charge in [-0.1, -0.05) is 0 Å². The number of benzene rings is 1. The van der Waals surface area contributed by atoms with Crippen molar-refractivity contribution in [2.24, 2.45) is 0 Å². The van der Waals surface area contributed by atoms with Crippen LogP contribution in [0.1, 0.15) is 23.5 Å². The second kappa shape index (κ2) is 7.65. The third-order valence-electron chi connectivity index (χ3n) is 3.50. The third kappa shape index (κ3) is 4.05. The molecule has 0 saturated heterocycles. The van der Waals surface area contributed by atoms with E-state index in [-0.39, 0.29) is 14.5 Å². The van der Waals surface area contributed by atoms with E-state index in [0.717, 1.165) is 40.2 Å². The number of aromatic nitrogens is 2. The zero-order chi connectivity index (χ0) is 16.9. The number of hydrogen-bond donors (Lipinski definition) is 0. The molecule has 0 bridgehead atoms. The Kier molecular flexibility index (Phi) is 5.34. The first kappa shape index (κ1) is 16.7. The summed E-state index contributed by atoms with van der Waals surface area (Å²) < 4.78 is 8.12. The summed E-state index contributed by atoms with van der Waals surface area (Å²) in [6, 6.07) is 10.3. The van der Waals surface area contributed by atoms with Gasteiger partial charge in [0.1, 0.15) is 0 Å². The molecule has 0 N–H and O–H groups in total. The molecule has 0 amide bonds. The Morgan fingerprint density at radius 2 is 2.04 bits per heavy atom. The first-order chi connectivity index (χ1) is 11.7. The average molecular weight is 386 g/mol. The molecule has 0 aliphatic rings. The minimum absolute atomic E-state index is 0.256. The average Bonchev–Trinajstić information content (AvgIpc) is 3.00. The molecule has 0 radical (unpaired) electrons. The molecule has 0 aliphatic carbocycles. The van der Waals surface area contributed by atoms with Crippen molar-refractivity contribution in [2.45, 2.75) is 13.3 Å². The fraction of sp³-hybridized carbons (Fsp3) is 0.263. The van der Waals surface area contributed by atoms with E-state index in [2.05, 4.69) is 36.2 Å². The Hall–Kier alpha value is -2.10. The number of hydrogen-bond acceptors (Lipinski definition) is 4. The van der Waals surface area contributed by atoms with Gasteiger partial charge in [-0.25, -0.2) is 0 Å². The van der Waals surface area contributed by atoms with Crippen LogP contribution >= 0.6 is 0 Å². The first-order valence-corrected chi connectivity index (χ1v) is 9.72. The molecular weight excluding hydrogens is 365 g/mol. The maximum absolute atomic E-state index is 5.68. The molecule has 0 aliphatic heterocycles. The molecule has 124 valence electrons. The van der Waals surface area contributed by atoms with Crippen LogP contribution in [0.3, 0.4) is 0 Å². The molecular formula is C19H21N3OSe. The van der Waals surface area contributed by atoms with Crippen LogP contribution in [-0.2, 0) is 0 Å². The molecule has 0 fully saturated rings. The summed E-state index contributed by atoms with van der Waals surface area (Å²) in [7, 11) is 3.98. The van der Waals surface area contributed by atoms with Crippen molar-refractivity contribution in [1.82, 2.24) is 9.97 Å². The van der Waals surface area contributed by atoms with Gasteiger partial charge in [0, 0.05) is 0 Å². The summed E-state index contributed by atoms with van der Waals surface area (Å²) in [5.41, 5.74) is 2.13. The molecule has 4 nitrogen and oxygen atoms in total. The van der Waals surface area contributed by atoms with E-state index in [1.807, 2.05) is 43.4 Å². The van der Waals surface area contributed by atoms with Crippen LogP contribution in [0.2, 0.25) is 0 Å². The summed E-state index contributed by atoms with van der Waals surface area (Å²) >= 11 is 0.256. The monoisotopic (exact) mass is 387 g/mol. The Morgan fingerprint density at radius 1 is 1.17 bits per heavy atom. The van der Waals surface area contributed by atoms with Crippen LogP contribution in [0.15, 0.2) is 36.5 Å². The van der Waals surface area contributed by atoms with Crippen molar-refractivity contribution < 1.29 is 4.74 Å². The summed E-state index contributed by atoms with van der Waals surface area (Å²) in [4.78, 5) is 11.1. The zero-order valence-corrected chi connectivity index (χ0v) is 15.9. The molecule has 0 saturated carbocycles. The number of fused-ring (bicyclic) bond motifs is 1. The van der Waals surface area contributed by atoms with Crippen molar-refractivity contribution in [3.8, 4) is 5.75 Å². The molecule has 3 rings (SSSR count). The SMILES string of the molecule is CCCOc1ccc2[se]c(/C=C/c3ccc(N(C)C)nc3)nc2c1. The van der Waals surface area contributed by atoms with Crippen molar-refractivity contribution in [3.63, 3.8) is 0 Å². The Balaban J connectivity index is 1.76. The Labute approximate surface area is 148 Å². The van der Waals surface area contributed by atoms with Gasteiger partial charge in [-0.3, -0.25) is 0 Å². The predicted octanol–water partition coefficient (Wildman–Crippen LogP) is 3.71. The fourth-order valence-corrected chi connectivity index (χ4v) is 4.02. The van der Waals surface area contributed by atoms with Crippen LogP contribution < -0.4 is 9.64 Å². The molecule has 0 atom stereocenters. The van der Waals surface area contributed by atoms with Crippen LogP contribution in [0.25, 0.3) is 21.9 Å². The van der Waals surface area contributed by atoms with Gasteiger partial charge in [0.05, 0.1) is 0 Å². The summed E-state index contributed by atoms with van der Waals surface area (Å²) in [6.07, 6.45) is 7.07. The minimum atomic E-state index is 0.256. The summed E-state index contributed by atoms with van der Waals surface area (Å²) in [6.45, 7) is 2.85. The molecule has 2 aromatic heterocycles. The van der Waals surface area contributed by atoms with Gasteiger partial charge in [-0.05, 0) is 0 Å². The van der Waals surface area contributed by atoms with Gasteiger partial charge >= 0.3 is 148 Å². The van der Waals surface area contributed by atoms with E-state index in [0.29, 0.717) is 0 Å². The van der Waals surface area contributed by atoms with Crippen molar-refractivity contribution in [1.29, 1.82) is 0 Å². The molecule has 24 heavy (non-hydrogen) atoms. The predicted molar refractivity (Wildman–Crippen MR) is 102 cm³/mol. The van der Waals surface area contributed by atoms with Crippen molar-refractivity contribution >= 4 is 42.3 Å². The molecule has 1 aromatic carbocycles. The van der Waals surface area contributed by atoms with Crippen LogP contribution in [0, 0.1) is 0 Å². The zero-order valence-electron chi connectivity index (χ0n) is 14.2. The van der Waals surface area contributed by atoms with Crippen molar-refractivity contribution in [3.05, 3.63) is 46.7 Å². The van der Waals surface area contributed by atoms with Crippen LogP contribution in [0.5, 0.6) is 5.75 Å². The molecule has 0 spiro atoms. The van der Waals surface area contributed by atoms with E-state index in [1.54, 1.807) is 0 Å². The van der Waals surface area contributed by atoms with E-state index >= 15 is 0 Å². The normalized spacial score (nSPS) is 11.3. The van der Waals surface area contributed by atoms with Gasteiger partial charge < -0.3 is 0 Å². The Morgan fingerprint density at radius 3 is 2.75 bits per heavy atom. The molecule has 3 aromatic rings. The first-order valence-electron chi connectivity index (χ1n) is 8.00. The summed E-state index contributed by atoms with van der Waals surface area (Å²) in [5.74, 6) is 1.87. The van der Waals surface area contributed by atoms with Gasteiger partial charge in [0.15, 0.2) is 0 Å². The quantitative estimate of drug-likeness (QED) is 0.606. The molecule has 5 heteroatoms. The second-order valence-electron chi connectivity index (χ2n) is 5.71. The fourth-order valence-electron chi connectivity index (χ4n) is 2.23. The number of anilines is 1. The Bertz CT molecular complexity index is 837. The third-order valence-corrected chi connectivity index (χ3v) is 5.60. The second-order valence-corrected chi connectivity index (χ2v) is 7.94. The van der Waals surface area contributed by atoms with E-state index in [1.165, 1.54) is 4.26 Å². The molecule has 2 heterocycles. The van der Waals surface area contributed by atoms with E-state index in [9.17, 15) is 0 Å². The van der Waals surface area contributed by atoms with Gasteiger partial charge in [0.25, 0.3) is 0 Å². The van der Waals surface area contributed by atoms with Crippen LogP contribution in [0.4, 0.5) is 5.82 Å². The van der Waals surface area contributed by atoms with E-state index < -0.39 is 0 Å². The number of rotatable bonds is 6. The maximum atomic E-state index is 5.68. The van der Waals surface area contributed by atoms with Gasteiger partial charge in [-0.2, -0.15) is 0 Å². The van der Waals surface area contributed by atoms with Gasteiger partial charge in [0.2, 0.25) is 0 Å². The van der Waals surface area contributed by atoms with E-state index in [4.69, 9.17) is 9.72 Å². The topological polar surface area (TPSA) is 38.2 Å². The van der Waals surface area contributed by atoms with Crippen molar-refractivity contribution in [2.75, 3.05) is 25.6 Å². The number of ether oxygens (including phenoxy) is 1. The standard InChI is InChI=1S/C19H21N3OSe/c1-4-11-23-15-7-8-17-16(12-15)21-19(24-17)10-6-14-5-9-18(20-13-14)22(2)3/h5-10,12-13H,4,11H2,1-3H3/b10-6+. The molecule has 0 unspecified atom stereocenters. The van der Waals surface area contributed by atoms with Gasteiger partial charge in [-0.15, -0.1) is 0 Å². The van der Waals surface area contributed by atoms with Crippen LogP contribution in [-0.4, -0.2) is 45.2 Å². The number of nitrogens with zero attached hydrogens (tertiary/aromatic N) is 3.